The first-order valence-corrected chi connectivity index (χ1v) is 6.48. The average Bonchev–Trinajstić information content (AvgIpc) is 2.46. The van der Waals surface area contributed by atoms with Crippen molar-refractivity contribution in [1.29, 1.82) is 0 Å². The zero-order valence-electron chi connectivity index (χ0n) is 11.4. The number of carbonyl (C=O) groups is 2. The fourth-order valence-corrected chi connectivity index (χ4v) is 2.25. The maximum Gasteiger partial charge on any atom is 0.247 e. The minimum Gasteiger partial charge on any atom is -0.352 e. The highest BCUT2D eigenvalue weighted by Crippen LogP contribution is 2.24. The van der Waals surface area contributed by atoms with Gasteiger partial charge in [-0.2, -0.15) is 0 Å². The third-order valence-electron chi connectivity index (χ3n) is 3.39. The second kappa shape index (κ2) is 7.26. The van der Waals surface area contributed by atoms with Crippen LogP contribution in [0, 0.1) is 5.92 Å². The Morgan fingerprint density at radius 3 is 2.70 bits per heavy atom. The summed E-state index contributed by atoms with van der Waals surface area (Å²) in [6.45, 7) is 3.09. The quantitative estimate of drug-likeness (QED) is 0.862. The highest BCUT2D eigenvalue weighted by Gasteiger charge is 2.35. The van der Waals surface area contributed by atoms with Crippen molar-refractivity contribution in [2.24, 2.45) is 11.7 Å². The average molecular weight is 298 g/mol. The van der Waals surface area contributed by atoms with Crippen LogP contribution >= 0.6 is 12.4 Å². The number of nitrogens with two attached hydrogens (primary N) is 1. The van der Waals surface area contributed by atoms with E-state index in [0.717, 1.165) is 5.56 Å². The smallest absolute Gasteiger partial charge is 0.247 e. The number of piperazine rings is 1. The van der Waals surface area contributed by atoms with Gasteiger partial charge in [-0.1, -0.05) is 37.3 Å². The normalized spacial score (nSPS) is 19.8. The molecule has 0 spiro atoms. The molecular formula is C14H20ClN3O2. The van der Waals surface area contributed by atoms with E-state index >= 15 is 0 Å². The molecule has 2 atom stereocenters. The number of nitrogens with one attached hydrogen (secondary N) is 1. The van der Waals surface area contributed by atoms with Crippen LogP contribution in [0.4, 0.5) is 0 Å². The van der Waals surface area contributed by atoms with Gasteiger partial charge >= 0.3 is 0 Å². The Bertz CT molecular complexity index is 467. The molecule has 1 fully saturated rings. The third-order valence-corrected chi connectivity index (χ3v) is 3.39. The molecule has 5 nitrogen and oxygen atoms in total. The van der Waals surface area contributed by atoms with Crippen LogP contribution < -0.4 is 11.1 Å². The van der Waals surface area contributed by atoms with Gasteiger partial charge in [-0.05, 0) is 5.56 Å². The molecule has 1 saturated heterocycles. The molecule has 1 aliphatic rings. The Morgan fingerprint density at radius 1 is 1.45 bits per heavy atom. The molecule has 0 aromatic heterocycles. The van der Waals surface area contributed by atoms with Crippen LogP contribution in [0.15, 0.2) is 30.3 Å². The Balaban J connectivity index is 0.00000200. The summed E-state index contributed by atoms with van der Waals surface area (Å²) in [5.41, 5.74) is 6.38. The van der Waals surface area contributed by atoms with Crippen molar-refractivity contribution in [2.75, 3.05) is 19.6 Å². The van der Waals surface area contributed by atoms with Crippen LogP contribution in [-0.4, -0.2) is 36.3 Å². The first kappa shape index (κ1) is 16.5. The molecule has 1 heterocycles. The number of amides is 2. The van der Waals surface area contributed by atoms with E-state index in [1.54, 1.807) is 11.8 Å². The number of benzene rings is 1. The first-order valence-electron chi connectivity index (χ1n) is 6.48. The van der Waals surface area contributed by atoms with E-state index in [1.807, 2.05) is 30.3 Å². The lowest BCUT2D eigenvalue weighted by atomic mass is 10.00. The maximum atomic E-state index is 12.3. The summed E-state index contributed by atoms with van der Waals surface area (Å²) >= 11 is 0. The molecule has 6 heteroatoms. The van der Waals surface area contributed by atoms with Gasteiger partial charge in [0.15, 0.2) is 0 Å². The van der Waals surface area contributed by atoms with E-state index in [1.165, 1.54) is 0 Å². The van der Waals surface area contributed by atoms with Crippen molar-refractivity contribution in [1.82, 2.24) is 10.2 Å². The minimum atomic E-state index is -0.545. The molecule has 0 aliphatic carbocycles. The summed E-state index contributed by atoms with van der Waals surface area (Å²) in [5.74, 6) is -0.460. The highest BCUT2D eigenvalue weighted by molar-refractivity contribution is 5.90. The lowest BCUT2D eigenvalue weighted by Crippen LogP contribution is -2.53. The third kappa shape index (κ3) is 3.29. The van der Waals surface area contributed by atoms with E-state index < -0.39 is 6.04 Å². The van der Waals surface area contributed by atoms with Gasteiger partial charge in [0.25, 0.3) is 0 Å². The molecule has 2 rings (SSSR count). The highest BCUT2D eigenvalue weighted by atomic mass is 35.5. The predicted molar refractivity (Wildman–Crippen MR) is 79.4 cm³/mol. The second-order valence-corrected chi connectivity index (χ2v) is 4.77. The largest absolute Gasteiger partial charge is 0.352 e. The van der Waals surface area contributed by atoms with Gasteiger partial charge in [-0.3, -0.25) is 9.59 Å². The van der Waals surface area contributed by atoms with Crippen molar-refractivity contribution in [3.63, 3.8) is 0 Å². The molecule has 3 N–H and O–H groups in total. The summed E-state index contributed by atoms with van der Waals surface area (Å²) in [6.07, 6.45) is 0. The molecular weight excluding hydrogens is 278 g/mol. The van der Waals surface area contributed by atoms with Crippen LogP contribution in [0.3, 0.4) is 0 Å². The summed E-state index contributed by atoms with van der Waals surface area (Å²) in [7, 11) is 0. The van der Waals surface area contributed by atoms with Crippen LogP contribution in [0.2, 0.25) is 0 Å². The molecule has 0 bridgehead atoms. The lowest BCUT2D eigenvalue weighted by molar-refractivity contribution is -0.146. The summed E-state index contributed by atoms with van der Waals surface area (Å²) in [6, 6.07) is 8.81. The minimum absolute atomic E-state index is 0. The van der Waals surface area contributed by atoms with Crippen LogP contribution in [0.25, 0.3) is 0 Å². The molecule has 1 aromatic carbocycles. The van der Waals surface area contributed by atoms with Gasteiger partial charge in [0.2, 0.25) is 11.8 Å². The fourth-order valence-electron chi connectivity index (χ4n) is 2.25. The standard InChI is InChI=1S/C14H19N3O2.ClH/c1-10(9-15)14(19)17-8-7-16-13(18)12(17)11-5-3-2-4-6-11;/h2-6,10,12H,7-9,15H2,1H3,(H,16,18);1H. The van der Waals surface area contributed by atoms with Crippen molar-refractivity contribution in [3.8, 4) is 0 Å². The zero-order chi connectivity index (χ0) is 13.8. The van der Waals surface area contributed by atoms with Crippen molar-refractivity contribution in [3.05, 3.63) is 35.9 Å². The van der Waals surface area contributed by atoms with Crippen molar-refractivity contribution >= 4 is 24.2 Å². The van der Waals surface area contributed by atoms with E-state index in [4.69, 9.17) is 5.73 Å². The maximum absolute atomic E-state index is 12.3. The fraction of sp³-hybridized carbons (Fsp3) is 0.429. The number of hydrogen-bond acceptors (Lipinski definition) is 3. The molecule has 1 aromatic rings. The van der Waals surface area contributed by atoms with Crippen molar-refractivity contribution < 1.29 is 9.59 Å². The number of hydrogen-bond donors (Lipinski definition) is 2. The van der Waals surface area contributed by atoms with E-state index in [2.05, 4.69) is 5.32 Å². The van der Waals surface area contributed by atoms with Gasteiger partial charge in [0, 0.05) is 25.6 Å². The molecule has 0 radical (unpaired) electrons. The zero-order valence-corrected chi connectivity index (χ0v) is 12.2. The second-order valence-electron chi connectivity index (χ2n) is 4.77. The Kier molecular flexibility index (Phi) is 5.98. The first-order chi connectivity index (χ1) is 9.15. The molecule has 2 amide bonds. The Labute approximate surface area is 124 Å². The molecule has 110 valence electrons. The van der Waals surface area contributed by atoms with Gasteiger partial charge in [-0.15, -0.1) is 12.4 Å². The monoisotopic (exact) mass is 297 g/mol. The van der Waals surface area contributed by atoms with Gasteiger partial charge in [0.1, 0.15) is 6.04 Å². The number of nitrogens with zero attached hydrogens (tertiary/aromatic N) is 1. The topological polar surface area (TPSA) is 75.4 Å². The van der Waals surface area contributed by atoms with Gasteiger partial charge < -0.3 is 16.0 Å². The van der Waals surface area contributed by atoms with Gasteiger partial charge in [-0.25, -0.2) is 0 Å². The van der Waals surface area contributed by atoms with Crippen LogP contribution in [0.1, 0.15) is 18.5 Å². The summed E-state index contributed by atoms with van der Waals surface area (Å²) in [5, 5.41) is 2.81. The van der Waals surface area contributed by atoms with E-state index in [-0.39, 0.29) is 30.1 Å². The molecule has 2 unspecified atom stereocenters. The van der Waals surface area contributed by atoms with Crippen molar-refractivity contribution in [2.45, 2.75) is 13.0 Å². The lowest BCUT2D eigenvalue weighted by Gasteiger charge is -2.36. The summed E-state index contributed by atoms with van der Waals surface area (Å²) in [4.78, 5) is 26.0. The van der Waals surface area contributed by atoms with Crippen LogP contribution in [0.5, 0.6) is 0 Å². The van der Waals surface area contributed by atoms with Crippen LogP contribution in [-0.2, 0) is 9.59 Å². The number of halogens is 1. The number of carbonyl (C=O) groups excluding carboxylic acids is 2. The summed E-state index contributed by atoms with van der Waals surface area (Å²) < 4.78 is 0. The Morgan fingerprint density at radius 2 is 2.10 bits per heavy atom. The molecule has 0 saturated carbocycles. The van der Waals surface area contributed by atoms with Gasteiger partial charge in [0.05, 0.1) is 0 Å². The molecule has 20 heavy (non-hydrogen) atoms. The van der Waals surface area contributed by atoms with E-state index in [0.29, 0.717) is 19.6 Å². The number of rotatable bonds is 3. The van der Waals surface area contributed by atoms with E-state index in [9.17, 15) is 9.59 Å². The Hall–Kier alpha value is -1.59. The SMILES string of the molecule is CC(CN)C(=O)N1CCNC(=O)C1c1ccccc1.Cl. The molecule has 1 aliphatic heterocycles. The predicted octanol–water partition coefficient (Wildman–Crippen LogP) is 0.703.